The fraction of sp³-hybridized carbons (Fsp3) is 0.429. The molecule has 0 radical (unpaired) electrons. The number of nitrogens with zero attached hydrogens (tertiary/aromatic N) is 3. The van der Waals surface area contributed by atoms with Crippen LogP contribution in [-0.4, -0.2) is 47.7 Å². The molecule has 0 amide bonds. The normalized spacial score (nSPS) is 17.9. The molecule has 1 aromatic carbocycles. The summed E-state index contributed by atoms with van der Waals surface area (Å²) < 4.78 is 11.7. The molecule has 2 N–H and O–H groups in total. The Hall–Kier alpha value is -2.92. The predicted molar refractivity (Wildman–Crippen MR) is 140 cm³/mol. The van der Waals surface area contributed by atoms with Gasteiger partial charge in [-0.1, -0.05) is 24.0 Å². The summed E-state index contributed by atoms with van der Waals surface area (Å²) in [5, 5.41) is 1.21. The highest BCUT2D eigenvalue weighted by Gasteiger charge is 2.35. The lowest BCUT2D eigenvalue weighted by atomic mass is 9.80. The SMILES string of the molecule is COC1(C#Cc2cccc(COc3cc(-c4cnc(C5CCN(C)CC5)s4)cnc3N)c2)CCC1. The number of hydrogen-bond donors (Lipinski definition) is 1. The van der Waals surface area contributed by atoms with Crippen LogP contribution in [0.1, 0.15) is 54.2 Å². The minimum absolute atomic E-state index is 0.267. The Kier molecular flexibility index (Phi) is 7.05. The van der Waals surface area contributed by atoms with Crippen LogP contribution in [0.25, 0.3) is 10.4 Å². The van der Waals surface area contributed by atoms with E-state index < -0.39 is 0 Å². The first kappa shape index (κ1) is 23.8. The van der Waals surface area contributed by atoms with Crippen molar-refractivity contribution in [2.45, 2.75) is 50.2 Å². The highest BCUT2D eigenvalue weighted by Crippen LogP contribution is 2.36. The first-order chi connectivity index (χ1) is 17.0. The number of nitrogens with two attached hydrogens (primary N) is 1. The molecular formula is C28H32N4O2S. The molecule has 1 saturated heterocycles. The van der Waals surface area contributed by atoms with E-state index in [0.29, 0.717) is 24.1 Å². The number of methoxy groups -OCH3 is 1. The van der Waals surface area contributed by atoms with Crippen molar-refractivity contribution in [3.05, 3.63) is 58.9 Å². The molecule has 35 heavy (non-hydrogen) atoms. The lowest BCUT2D eigenvalue weighted by molar-refractivity contribution is -0.0215. The fourth-order valence-electron chi connectivity index (χ4n) is 4.53. The third-order valence-corrected chi connectivity index (χ3v) is 8.27. The van der Waals surface area contributed by atoms with Crippen LogP contribution in [-0.2, 0) is 11.3 Å². The summed E-state index contributed by atoms with van der Waals surface area (Å²) in [5.74, 6) is 8.10. The minimum Gasteiger partial charge on any atom is -0.485 e. The third kappa shape index (κ3) is 5.51. The van der Waals surface area contributed by atoms with Crippen LogP contribution in [0.15, 0.2) is 42.7 Å². The summed E-state index contributed by atoms with van der Waals surface area (Å²) in [6, 6.07) is 10.1. The molecule has 182 valence electrons. The first-order valence-electron chi connectivity index (χ1n) is 12.2. The molecular weight excluding hydrogens is 456 g/mol. The zero-order valence-electron chi connectivity index (χ0n) is 20.4. The van der Waals surface area contributed by atoms with Gasteiger partial charge in [0.05, 0.1) is 9.88 Å². The molecule has 2 aliphatic rings. The zero-order valence-corrected chi connectivity index (χ0v) is 21.2. The van der Waals surface area contributed by atoms with Gasteiger partial charge >= 0.3 is 0 Å². The van der Waals surface area contributed by atoms with Gasteiger partial charge in [0, 0.05) is 36.5 Å². The number of piperidine rings is 1. The van der Waals surface area contributed by atoms with Crippen LogP contribution in [0, 0.1) is 11.8 Å². The molecule has 1 aliphatic carbocycles. The maximum Gasteiger partial charge on any atom is 0.166 e. The van der Waals surface area contributed by atoms with E-state index in [-0.39, 0.29) is 5.60 Å². The van der Waals surface area contributed by atoms with E-state index in [9.17, 15) is 0 Å². The Morgan fingerprint density at radius 1 is 1.17 bits per heavy atom. The smallest absolute Gasteiger partial charge is 0.166 e. The number of benzene rings is 1. The molecule has 0 bridgehead atoms. The Bertz CT molecular complexity index is 1230. The number of aromatic nitrogens is 2. The topological polar surface area (TPSA) is 73.5 Å². The standard InChI is InChI=1S/C28H32N4O2S/c1-32-13-8-22(9-14-32)27-31-18-25(35-27)23-16-24(26(29)30-17-23)34-19-21-6-3-5-20(15-21)7-12-28(33-2)10-4-11-28/h3,5-6,15-18,22H,4,8-11,13-14,19H2,1-2H3,(H2,29,30). The molecule has 6 nitrogen and oxygen atoms in total. The van der Waals surface area contributed by atoms with E-state index in [1.54, 1.807) is 24.6 Å². The van der Waals surface area contributed by atoms with Gasteiger partial charge in [0.15, 0.2) is 11.6 Å². The van der Waals surface area contributed by atoms with Gasteiger partial charge in [0.2, 0.25) is 0 Å². The predicted octanol–water partition coefficient (Wildman–Crippen LogP) is 5.10. The Balaban J connectivity index is 1.26. The molecule has 0 spiro atoms. The lowest BCUT2D eigenvalue weighted by Crippen LogP contribution is -2.37. The molecule has 3 aromatic rings. The van der Waals surface area contributed by atoms with Gasteiger partial charge < -0.3 is 20.1 Å². The van der Waals surface area contributed by atoms with Crippen molar-refractivity contribution in [1.82, 2.24) is 14.9 Å². The number of ether oxygens (including phenoxy) is 2. The molecule has 1 saturated carbocycles. The van der Waals surface area contributed by atoms with Gasteiger partial charge in [-0.2, -0.15) is 0 Å². The van der Waals surface area contributed by atoms with E-state index in [0.717, 1.165) is 60.3 Å². The van der Waals surface area contributed by atoms with E-state index >= 15 is 0 Å². The lowest BCUT2D eigenvalue weighted by Gasteiger charge is -2.35. The third-order valence-electron chi connectivity index (χ3n) is 7.07. The average Bonchev–Trinajstić information content (AvgIpc) is 3.34. The monoisotopic (exact) mass is 488 g/mol. The second kappa shape index (κ2) is 10.4. The van der Waals surface area contributed by atoms with E-state index in [1.165, 1.54) is 11.4 Å². The largest absolute Gasteiger partial charge is 0.485 e. The van der Waals surface area contributed by atoms with Crippen LogP contribution in [0.4, 0.5) is 5.82 Å². The number of hydrogen-bond acceptors (Lipinski definition) is 7. The van der Waals surface area contributed by atoms with Crippen LogP contribution < -0.4 is 10.5 Å². The van der Waals surface area contributed by atoms with E-state index in [2.05, 4.69) is 34.8 Å². The van der Waals surface area contributed by atoms with Crippen LogP contribution in [0.5, 0.6) is 5.75 Å². The zero-order chi connectivity index (χ0) is 24.3. The average molecular weight is 489 g/mol. The summed E-state index contributed by atoms with van der Waals surface area (Å²) in [7, 11) is 3.92. The van der Waals surface area contributed by atoms with E-state index in [1.807, 2.05) is 30.5 Å². The number of anilines is 1. The maximum absolute atomic E-state index is 6.14. The van der Waals surface area contributed by atoms with Crippen molar-refractivity contribution in [1.29, 1.82) is 0 Å². The molecule has 0 atom stereocenters. The number of thiazole rings is 1. The highest BCUT2D eigenvalue weighted by atomic mass is 32.1. The Morgan fingerprint density at radius 2 is 2.00 bits per heavy atom. The van der Waals surface area contributed by atoms with Crippen molar-refractivity contribution >= 4 is 17.2 Å². The summed E-state index contributed by atoms with van der Waals surface area (Å²) in [4.78, 5) is 12.6. The van der Waals surface area contributed by atoms with Crippen molar-refractivity contribution in [2.24, 2.45) is 0 Å². The molecule has 3 heterocycles. The van der Waals surface area contributed by atoms with Gasteiger partial charge in [-0.15, -0.1) is 11.3 Å². The van der Waals surface area contributed by atoms with E-state index in [4.69, 9.17) is 20.2 Å². The van der Waals surface area contributed by atoms with Crippen molar-refractivity contribution in [3.8, 4) is 28.0 Å². The van der Waals surface area contributed by atoms with Crippen molar-refractivity contribution in [3.63, 3.8) is 0 Å². The molecule has 1 aliphatic heterocycles. The number of pyridine rings is 1. The van der Waals surface area contributed by atoms with Crippen LogP contribution in [0.2, 0.25) is 0 Å². The van der Waals surface area contributed by atoms with Crippen molar-refractivity contribution in [2.75, 3.05) is 33.0 Å². The van der Waals surface area contributed by atoms with Crippen molar-refractivity contribution < 1.29 is 9.47 Å². The molecule has 7 heteroatoms. The number of rotatable bonds is 6. The quantitative estimate of drug-likeness (QED) is 0.487. The second-order valence-corrected chi connectivity index (χ2v) is 10.6. The van der Waals surface area contributed by atoms with Gasteiger partial charge in [0.25, 0.3) is 0 Å². The molecule has 2 aromatic heterocycles. The first-order valence-corrected chi connectivity index (χ1v) is 13.1. The number of likely N-dealkylation sites (tertiary alicyclic amines) is 1. The maximum atomic E-state index is 6.14. The summed E-state index contributed by atoms with van der Waals surface area (Å²) in [6.45, 7) is 2.64. The van der Waals surface area contributed by atoms with Gasteiger partial charge in [-0.25, -0.2) is 9.97 Å². The Morgan fingerprint density at radius 3 is 2.74 bits per heavy atom. The van der Waals surface area contributed by atoms with Crippen LogP contribution >= 0.6 is 11.3 Å². The summed E-state index contributed by atoms with van der Waals surface area (Å²) in [6.07, 6.45) is 9.25. The fourth-order valence-corrected chi connectivity index (χ4v) is 5.60. The highest BCUT2D eigenvalue weighted by molar-refractivity contribution is 7.15. The second-order valence-electron chi connectivity index (χ2n) is 9.54. The van der Waals surface area contributed by atoms with Gasteiger partial charge in [0.1, 0.15) is 12.2 Å². The minimum atomic E-state index is -0.267. The van der Waals surface area contributed by atoms with Crippen LogP contribution in [0.3, 0.4) is 0 Å². The molecule has 0 unspecified atom stereocenters. The molecule has 2 fully saturated rings. The van der Waals surface area contributed by atoms with Gasteiger partial charge in [-0.3, -0.25) is 0 Å². The van der Waals surface area contributed by atoms with Gasteiger partial charge in [-0.05, 0) is 76.0 Å². The Labute approximate surface area is 211 Å². The number of nitrogen functional groups attached to an aromatic ring is 1. The molecule has 5 rings (SSSR count). The summed E-state index contributed by atoms with van der Waals surface area (Å²) in [5.41, 5.74) is 8.85. The summed E-state index contributed by atoms with van der Waals surface area (Å²) >= 11 is 1.75.